The Hall–Kier alpha value is -6.43. The van der Waals surface area contributed by atoms with Crippen molar-refractivity contribution in [3.63, 3.8) is 0 Å². The molecular formula is C54H59F3N6O8S2. The van der Waals surface area contributed by atoms with Crippen molar-refractivity contribution in [2.24, 2.45) is 17.3 Å². The number of anilines is 2. The van der Waals surface area contributed by atoms with Crippen molar-refractivity contribution in [1.82, 2.24) is 15.6 Å². The molecule has 5 aromatic rings. The van der Waals surface area contributed by atoms with Gasteiger partial charge in [0.25, 0.3) is 11.8 Å². The Morgan fingerprint density at radius 3 is 2.19 bits per heavy atom. The summed E-state index contributed by atoms with van der Waals surface area (Å²) >= 11 is 7.20. The SMILES string of the molecule is Cc1ncsc1-c1ccc(CNC(=O)[C@@H]2C[C@@H](O)CC2C(O)[C@@H](NC(=O)c2ccc(OCCOCCCOc3ccc(N4C(=S)N(c5ccc(C#N)c(C(F)(F)F)c5)C(=O)C4(C)C)cc3)cc2)C(C)(C)C)cc1. The number of alkyl halides is 3. The molecule has 3 amide bonds. The lowest BCUT2D eigenvalue weighted by atomic mass is 9.76. The lowest BCUT2D eigenvalue weighted by molar-refractivity contribution is -0.137. The molecule has 73 heavy (non-hydrogen) atoms. The minimum absolute atomic E-state index is 0.0109. The summed E-state index contributed by atoms with van der Waals surface area (Å²) in [6.45, 7) is 12.5. The molecule has 2 heterocycles. The largest absolute Gasteiger partial charge is 0.494 e. The Bertz CT molecular complexity index is 2810. The molecule has 5 atom stereocenters. The van der Waals surface area contributed by atoms with Gasteiger partial charge in [0.2, 0.25) is 5.91 Å². The molecule has 0 bridgehead atoms. The van der Waals surface area contributed by atoms with E-state index in [1.54, 1.807) is 84.7 Å². The van der Waals surface area contributed by atoms with E-state index in [4.69, 9.17) is 26.4 Å². The molecule has 1 saturated heterocycles. The highest BCUT2D eigenvalue weighted by molar-refractivity contribution is 7.81. The quantitative estimate of drug-likeness (QED) is 0.0455. The predicted octanol–water partition coefficient (Wildman–Crippen LogP) is 9.00. The number of thiocarbonyl (C=S) groups is 1. The number of thiazole rings is 1. The fourth-order valence-corrected chi connectivity index (χ4v) is 10.5. The Kier molecular flexibility index (Phi) is 17.0. The minimum Gasteiger partial charge on any atom is -0.494 e. The fourth-order valence-electron chi connectivity index (χ4n) is 9.21. The van der Waals surface area contributed by atoms with Gasteiger partial charge in [-0.1, -0.05) is 45.0 Å². The van der Waals surface area contributed by atoms with Crippen molar-refractivity contribution in [2.45, 2.75) is 97.3 Å². The number of aryl methyl sites for hydroxylation is 1. The third-order valence-corrected chi connectivity index (χ3v) is 14.5. The van der Waals surface area contributed by atoms with Gasteiger partial charge in [-0.25, -0.2) is 4.98 Å². The number of benzene rings is 4. The van der Waals surface area contributed by atoms with Crippen LogP contribution in [0.1, 0.15) is 86.6 Å². The van der Waals surface area contributed by atoms with E-state index in [-0.39, 0.29) is 36.2 Å². The van der Waals surface area contributed by atoms with Gasteiger partial charge in [-0.05, 0) is 129 Å². The summed E-state index contributed by atoms with van der Waals surface area (Å²) in [4.78, 5) is 48.8. The fraction of sp³-hybridized carbons (Fsp3) is 0.407. The van der Waals surface area contributed by atoms with Gasteiger partial charge in [0, 0.05) is 42.7 Å². The molecule has 2 aliphatic rings. The number of nitrogens with zero attached hydrogens (tertiary/aromatic N) is 4. The maximum atomic E-state index is 13.7. The Balaban J connectivity index is 0.827. The number of rotatable bonds is 19. The summed E-state index contributed by atoms with van der Waals surface area (Å²) in [5, 5.41) is 37.8. The van der Waals surface area contributed by atoms with Crippen molar-refractivity contribution in [1.29, 1.82) is 5.26 Å². The van der Waals surface area contributed by atoms with E-state index in [2.05, 4.69) is 15.6 Å². The van der Waals surface area contributed by atoms with E-state index in [0.29, 0.717) is 55.5 Å². The van der Waals surface area contributed by atoms with E-state index in [9.17, 15) is 43.0 Å². The normalized spacial score (nSPS) is 18.6. The van der Waals surface area contributed by atoms with Gasteiger partial charge in [0.05, 0.1) is 70.4 Å². The lowest BCUT2D eigenvalue weighted by Gasteiger charge is -2.39. The summed E-state index contributed by atoms with van der Waals surface area (Å²) < 4.78 is 58.6. The second-order valence-corrected chi connectivity index (χ2v) is 20.9. The zero-order valence-electron chi connectivity index (χ0n) is 41.4. The number of hydrogen-bond donors (Lipinski definition) is 4. The predicted molar refractivity (Wildman–Crippen MR) is 275 cm³/mol. The van der Waals surface area contributed by atoms with Crippen molar-refractivity contribution in [2.75, 3.05) is 36.2 Å². The molecule has 14 nitrogen and oxygen atoms in total. The molecule has 386 valence electrons. The average molecular weight is 1040 g/mol. The molecule has 1 aliphatic carbocycles. The average Bonchev–Trinajstić information content (AvgIpc) is 4.02. The lowest BCUT2D eigenvalue weighted by Crippen LogP contribution is -2.55. The van der Waals surface area contributed by atoms with Crippen LogP contribution in [0.4, 0.5) is 24.5 Å². The minimum atomic E-state index is -4.81. The number of amides is 3. The van der Waals surface area contributed by atoms with Gasteiger partial charge < -0.3 is 40.0 Å². The Morgan fingerprint density at radius 1 is 0.932 bits per heavy atom. The second kappa shape index (κ2) is 22.8. The van der Waals surface area contributed by atoms with Crippen LogP contribution in [0.2, 0.25) is 0 Å². The van der Waals surface area contributed by atoms with Crippen LogP contribution >= 0.6 is 23.6 Å². The smallest absolute Gasteiger partial charge is 0.417 e. The number of carbonyl (C=O) groups excluding carboxylic acids is 3. The van der Waals surface area contributed by atoms with Crippen molar-refractivity contribution < 1.29 is 52.0 Å². The van der Waals surface area contributed by atoms with Crippen LogP contribution < -0.4 is 29.9 Å². The summed E-state index contributed by atoms with van der Waals surface area (Å²) in [5.41, 5.74) is 1.98. The molecule has 4 N–H and O–H groups in total. The summed E-state index contributed by atoms with van der Waals surface area (Å²) in [7, 11) is 0. The zero-order valence-corrected chi connectivity index (χ0v) is 43.0. The summed E-state index contributed by atoms with van der Waals surface area (Å²) in [5.74, 6) is -1.36. The number of nitriles is 1. The van der Waals surface area contributed by atoms with E-state index >= 15 is 0 Å². The van der Waals surface area contributed by atoms with E-state index < -0.39 is 70.2 Å². The molecule has 2 fully saturated rings. The first kappa shape index (κ1) is 54.3. The molecule has 19 heteroatoms. The number of aliphatic hydroxyl groups is 2. The van der Waals surface area contributed by atoms with Gasteiger partial charge in [-0.2, -0.15) is 18.4 Å². The highest BCUT2D eigenvalue weighted by Crippen LogP contribution is 2.41. The topological polar surface area (TPSA) is 187 Å². The van der Waals surface area contributed by atoms with Crippen LogP contribution in [0.25, 0.3) is 10.4 Å². The number of ether oxygens (including phenoxy) is 3. The number of nitrogens with one attached hydrogen (secondary N) is 2. The zero-order chi connectivity index (χ0) is 52.8. The number of hydrogen-bond acceptors (Lipinski definition) is 12. The van der Waals surface area contributed by atoms with Crippen LogP contribution in [0.15, 0.2) is 96.5 Å². The summed E-state index contributed by atoms with van der Waals surface area (Å²) in [6.07, 6.45) is -5.70. The first-order valence-corrected chi connectivity index (χ1v) is 25.1. The standard InChI is InChI=1S/C54H59F3N6O8S2/c1-32-46(73-31-60-32)34-10-8-33(9-11-34)30-59-49(67)43-28-39(64)27-42(43)45(65)47(52(2,3)4)61-48(66)35-13-18-40(19-14-35)71-25-24-69-22-7-23-70-41-20-16-37(17-21-41)63-51(72)62(50(68)53(63,5)6)38-15-12-36(29-58)44(26-38)54(55,56)57/h8-21,26,31,39,42-43,45,47,64-65H,7,22-25,27-28,30H2,1-6H3,(H,59,67)(H,61,66)/t39-,42?,43+,45?,47+/m0/s1. The monoisotopic (exact) mass is 1040 g/mol. The van der Waals surface area contributed by atoms with Gasteiger partial charge in [0.15, 0.2) is 5.11 Å². The molecule has 1 aromatic heterocycles. The van der Waals surface area contributed by atoms with E-state index in [1.807, 2.05) is 57.5 Å². The number of aliphatic hydroxyl groups excluding tert-OH is 2. The Morgan fingerprint density at radius 2 is 1.58 bits per heavy atom. The van der Waals surface area contributed by atoms with Crippen molar-refractivity contribution >= 4 is 57.8 Å². The third kappa shape index (κ3) is 12.7. The molecule has 1 aliphatic heterocycles. The first-order chi connectivity index (χ1) is 34.6. The van der Waals surface area contributed by atoms with Gasteiger partial charge in [-0.3, -0.25) is 19.3 Å². The molecule has 1 saturated carbocycles. The van der Waals surface area contributed by atoms with Crippen LogP contribution in [0.3, 0.4) is 0 Å². The van der Waals surface area contributed by atoms with E-state index in [1.165, 1.54) is 6.07 Å². The third-order valence-electron chi connectivity index (χ3n) is 13.1. The molecule has 0 spiro atoms. The highest BCUT2D eigenvalue weighted by atomic mass is 32.1. The van der Waals surface area contributed by atoms with Gasteiger partial charge in [0.1, 0.15) is 23.6 Å². The van der Waals surface area contributed by atoms with Crippen LogP contribution in [0.5, 0.6) is 11.5 Å². The van der Waals surface area contributed by atoms with Crippen LogP contribution in [-0.2, 0) is 27.0 Å². The molecule has 0 radical (unpaired) electrons. The Labute approximate surface area is 432 Å². The van der Waals surface area contributed by atoms with Crippen molar-refractivity contribution in [3.05, 3.63) is 124 Å². The van der Waals surface area contributed by atoms with Crippen molar-refractivity contribution in [3.8, 4) is 28.0 Å². The molecular weight excluding hydrogens is 982 g/mol. The first-order valence-electron chi connectivity index (χ1n) is 23.9. The summed E-state index contributed by atoms with van der Waals surface area (Å²) in [6, 6.07) is 25.2. The number of halogens is 3. The van der Waals surface area contributed by atoms with E-state index in [0.717, 1.165) is 38.7 Å². The maximum Gasteiger partial charge on any atom is 0.417 e. The van der Waals surface area contributed by atoms with Crippen LogP contribution in [0, 0.1) is 35.5 Å². The number of aromatic nitrogens is 1. The molecule has 2 unspecified atom stereocenters. The highest BCUT2D eigenvalue weighted by Gasteiger charge is 2.51. The molecule has 4 aromatic carbocycles. The molecule has 7 rings (SSSR count). The number of carbonyl (C=O) groups is 3. The second-order valence-electron chi connectivity index (χ2n) is 19.7. The van der Waals surface area contributed by atoms with Crippen LogP contribution in [-0.4, -0.2) is 88.2 Å². The van der Waals surface area contributed by atoms with Gasteiger partial charge in [-0.15, -0.1) is 11.3 Å². The van der Waals surface area contributed by atoms with Gasteiger partial charge >= 0.3 is 6.18 Å². The maximum absolute atomic E-state index is 13.7.